The topological polar surface area (TPSA) is 81.9 Å². The minimum absolute atomic E-state index is 0.229. The van der Waals surface area contributed by atoms with Gasteiger partial charge in [-0.05, 0) is 30.2 Å². The first-order valence-electron chi connectivity index (χ1n) is 8.10. The van der Waals surface area contributed by atoms with Gasteiger partial charge in [0.05, 0.1) is 24.6 Å². The lowest BCUT2D eigenvalue weighted by atomic mass is 10.1. The summed E-state index contributed by atoms with van der Waals surface area (Å²) in [6.07, 6.45) is 2.07. The van der Waals surface area contributed by atoms with E-state index in [0.29, 0.717) is 34.9 Å². The Balaban J connectivity index is 1.79. The van der Waals surface area contributed by atoms with Crippen LogP contribution in [0.1, 0.15) is 28.5 Å². The highest BCUT2D eigenvalue weighted by Crippen LogP contribution is 2.15. The van der Waals surface area contributed by atoms with E-state index in [2.05, 4.69) is 20.6 Å². The average Bonchev–Trinajstić information content (AvgIpc) is 3.10. The van der Waals surface area contributed by atoms with Crippen LogP contribution >= 0.6 is 0 Å². The van der Waals surface area contributed by atoms with Crippen LogP contribution in [-0.4, -0.2) is 33.0 Å². The molecule has 0 atom stereocenters. The Labute approximate surface area is 149 Å². The molecule has 0 saturated heterocycles. The Morgan fingerprint density at radius 2 is 2.12 bits per heavy atom. The zero-order valence-electron chi connectivity index (χ0n) is 14.4. The number of aromatic nitrogens is 4. The summed E-state index contributed by atoms with van der Waals surface area (Å²) in [7, 11) is 1.51. The second-order valence-corrected chi connectivity index (χ2v) is 5.52. The van der Waals surface area contributed by atoms with Gasteiger partial charge in [0.2, 0.25) is 5.88 Å². The van der Waals surface area contributed by atoms with E-state index in [1.165, 1.54) is 25.4 Å². The molecule has 2 aromatic heterocycles. The molecule has 3 aromatic rings. The molecular weight excluding hydrogens is 337 g/mol. The summed E-state index contributed by atoms with van der Waals surface area (Å²) in [4.78, 5) is 12.5. The van der Waals surface area contributed by atoms with Crippen LogP contribution in [0.15, 0.2) is 42.6 Å². The molecule has 1 amide bonds. The minimum Gasteiger partial charge on any atom is -0.480 e. The van der Waals surface area contributed by atoms with E-state index in [-0.39, 0.29) is 18.3 Å². The number of ether oxygens (including phenoxy) is 1. The standard InChI is InChI=1S/C18H18FN5O2/c1-3-15-14(18(25)20-10-12-5-4-6-13(19)9-12)11-21-24(15)16-7-8-17(26-2)23-22-16/h4-9,11H,3,10H2,1-2H3,(H,20,25). The molecule has 0 aliphatic heterocycles. The number of nitrogens with one attached hydrogen (secondary N) is 1. The molecule has 0 spiro atoms. The Hall–Kier alpha value is -3.29. The fourth-order valence-corrected chi connectivity index (χ4v) is 2.56. The summed E-state index contributed by atoms with van der Waals surface area (Å²) in [5.74, 6) is 0.273. The lowest BCUT2D eigenvalue weighted by Crippen LogP contribution is -2.24. The van der Waals surface area contributed by atoms with Crippen LogP contribution in [-0.2, 0) is 13.0 Å². The molecule has 0 fully saturated rings. The number of hydrogen-bond acceptors (Lipinski definition) is 5. The Morgan fingerprint density at radius 3 is 2.77 bits per heavy atom. The molecule has 8 heteroatoms. The average molecular weight is 355 g/mol. The lowest BCUT2D eigenvalue weighted by molar-refractivity contribution is 0.0950. The number of rotatable bonds is 6. The van der Waals surface area contributed by atoms with Crippen molar-refractivity contribution in [2.24, 2.45) is 0 Å². The van der Waals surface area contributed by atoms with Crippen LogP contribution in [0.3, 0.4) is 0 Å². The maximum absolute atomic E-state index is 13.2. The third kappa shape index (κ3) is 3.69. The van der Waals surface area contributed by atoms with Gasteiger partial charge in [0.25, 0.3) is 5.91 Å². The highest BCUT2D eigenvalue weighted by Gasteiger charge is 2.18. The summed E-state index contributed by atoms with van der Waals surface area (Å²) >= 11 is 0. The summed E-state index contributed by atoms with van der Waals surface area (Å²) in [5, 5.41) is 15.0. The van der Waals surface area contributed by atoms with Gasteiger partial charge in [-0.2, -0.15) is 5.10 Å². The molecule has 0 saturated carbocycles. The van der Waals surface area contributed by atoms with E-state index < -0.39 is 0 Å². The Morgan fingerprint density at radius 1 is 1.27 bits per heavy atom. The summed E-state index contributed by atoms with van der Waals surface area (Å²) in [5.41, 5.74) is 1.84. The van der Waals surface area contributed by atoms with Crippen LogP contribution in [0.2, 0.25) is 0 Å². The van der Waals surface area contributed by atoms with Gasteiger partial charge in [-0.3, -0.25) is 4.79 Å². The fourth-order valence-electron chi connectivity index (χ4n) is 2.56. The molecule has 0 aliphatic carbocycles. The number of amides is 1. The van der Waals surface area contributed by atoms with Crippen LogP contribution in [0, 0.1) is 5.82 Å². The van der Waals surface area contributed by atoms with Gasteiger partial charge in [-0.1, -0.05) is 19.1 Å². The second-order valence-electron chi connectivity index (χ2n) is 5.52. The van der Waals surface area contributed by atoms with Crippen molar-refractivity contribution in [3.8, 4) is 11.7 Å². The van der Waals surface area contributed by atoms with E-state index in [4.69, 9.17) is 4.74 Å². The summed E-state index contributed by atoms with van der Waals surface area (Å²) < 4.78 is 19.8. The van der Waals surface area contributed by atoms with Crippen molar-refractivity contribution < 1.29 is 13.9 Å². The van der Waals surface area contributed by atoms with Crippen LogP contribution in [0.25, 0.3) is 5.82 Å². The number of nitrogens with zero attached hydrogens (tertiary/aromatic N) is 4. The van der Waals surface area contributed by atoms with Crippen molar-refractivity contribution in [1.29, 1.82) is 0 Å². The first kappa shape index (κ1) is 17.5. The quantitative estimate of drug-likeness (QED) is 0.734. The molecule has 0 radical (unpaired) electrons. The molecule has 3 rings (SSSR count). The van der Waals surface area contributed by atoms with Gasteiger partial charge in [-0.25, -0.2) is 9.07 Å². The number of carbonyl (C=O) groups excluding carboxylic acids is 1. The Bertz CT molecular complexity index is 908. The number of carbonyl (C=O) groups is 1. The zero-order chi connectivity index (χ0) is 18.5. The number of hydrogen-bond donors (Lipinski definition) is 1. The van der Waals surface area contributed by atoms with Crippen molar-refractivity contribution in [2.75, 3.05) is 7.11 Å². The van der Waals surface area contributed by atoms with Gasteiger partial charge in [0.15, 0.2) is 5.82 Å². The normalized spacial score (nSPS) is 10.6. The third-order valence-corrected chi connectivity index (χ3v) is 3.84. The molecule has 26 heavy (non-hydrogen) atoms. The van der Waals surface area contributed by atoms with E-state index in [9.17, 15) is 9.18 Å². The highest BCUT2D eigenvalue weighted by atomic mass is 19.1. The van der Waals surface area contributed by atoms with Gasteiger partial charge >= 0.3 is 0 Å². The molecule has 0 bridgehead atoms. The van der Waals surface area contributed by atoms with E-state index in [1.807, 2.05) is 6.92 Å². The van der Waals surface area contributed by atoms with Crippen LogP contribution in [0.5, 0.6) is 5.88 Å². The highest BCUT2D eigenvalue weighted by molar-refractivity contribution is 5.95. The van der Waals surface area contributed by atoms with Gasteiger partial charge in [-0.15, -0.1) is 10.2 Å². The molecule has 1 N–H and O–H groups in total. The van der Waals surface area contributed by atoms with Crippen molar-refractivity contribution in [3.63, 3.8) is 0 Å². The largest absolute Gasteiger partial charge is 0.480 e. The molecule has 0 aliphatic rings. The van der Waals surface area contributed by atoms with Crippen molar-refractivity contribution >= 4 is 5.91 Å². The van der Waals surface area contributed by atoms with Crippen molar-refractivity contribution in [3.05, 3.63) is 65.2 Å². The fraction of sp³-hybridized carbons (Fsp3) is 0.222. The van der Waals surface area contributed by atoms with Gasteiger partial charge in [0, 0.05) is 12.6 Å². The first-order valence-corrected chi connectivity index (χ1v) is 8.10. The van der Waals surface area contributed by atoms with Crippen molar-refractivity contribution in [1.82, 2.24) is 25.3 Å². The number of benzene rings is 1. The molecule has 134 valence electrons. The molecule has 0 unspecified atom stereocenters. The number of methoxy groups -OCH3 is 1. The predicted molar refractivity (Wildman–Crippen MR) is 92.7 cm³/mol. The Kier molecular flexibility index (Phi) is 5.21. The van der Waals surface area contributed by atoms with E-state index >= 15 is 0 Å². The SMILES string of the molecule is CCc1c(C(=O)NCc2cccc(F)c2)cnn1-c1ccc(OC)nn1. The summed E-state index contributed by atoms with van der Waals surface area (Å²) in [6.45, 7) is 2.15. The number of halogens is 1. The van der Waals surface area contributed by atoms with E-state index in [1.54, 1.807) is 28.9 Å². The zero-order valence-corrected chi connectivity index (χ0v) is 14.4. The first-order chi connectivity index (χ1) is 12.6. The lowest BCUT2D eigenvalue weighted by Gasteiger charge is -2.08. The minimum atomic E-state index is -0.336. The molecular formula is C18H18FN5O2. The molecule has 1 aromatic carbocycles. The second kappa shape index (κ2) is 7.73. The molecule has 2 heterocycles. The smallest absolute Gasteiger partial charge is 0.255 e. The van der Waals surface area contributed by atoms with Gasteiger partial charge < -0.3 is 10.1 Å². The third-order valence-electron chi connectivity index (χ3n) is 3.84. The maximum atomic E-state index is 13.2. The van der Waals surface area contributed by atoms with Crippen molar-refractivity contribution in [2.45, 2.75) is 19.9 Å². The van der Waals surface area contributed by atoms with Crippen LogP contribution in [0.4, 0.5) is 4.39 Å². The van der Waals surface area contributed by atoms with Gasteiger partial charge in [0.1, 0.15) is 5.82 Å². The maximum Gasteiger partial charge on any atom is 0.255 e. The monoisotopic (exact) mass is 355 g/mol. The van der Waals surface area contributed by atoms with E-state index in [0.717, 1.165) is 0 Å². The van der Waals surface area contributed by atoms with Crippen LogP contribution < -0.4 is 10.1 Å². The summed E-state index contributed by atoms with van der Waals surface area (Å²) in [6, 6.07) is 9.49. The predicted octanol–water partition coefficient (Wildman–Crippen LogP) is 2.30. The molecule has 7 nitrogen and oxygen atoms in total.